The van der Waals surface area contributed by atoms with Crippen molar-refractivity contribution in [3.8, 4) is 0 Å². The number of rotatable bonds is 8. The van der Waals surface area contributed by atoms with Gasteiger partial charge in [-0.05, 0) is 105 Å². The molecule has 3 fully saturated rings. The monoisotopic (exact) mass is 434 g/mol. The molecule has 3 aliphatic rings. The normalized spacial score (nSPS) is 33.0. The molecule has 3 aliphatic carbocycles. The molecule has 3 heteroatoms. The van der Waals surface area contributed by atoms with E-state index in [-0.39, 0.29) is 5.41 Å². The second kappa shape index (κ2) is 10.7. The summed E-state index contributed by atoms with van der Waals surface area (Å²) in [7, 11) is 0. The van der Waals surface area contributed by atoms with Crippen LogP contribution in [0.5, 0.6) is 0 Å². The van der Waals surface area contributed by atoms with Crippen LogP contribution in [0, 0.1) is 17.3 Å². The molecule has 3 rings (SSSR count). The van der Waals surface area contributed by atoms with E-state index in [1.807, 2.05) is 6.92 Å². The Morgan fingerprint density at radius 3 is 2.70 bits per heavy atom. The molecule has 3 unspecified atom stereocenters. The smallest absolute Gasteiger partial charge is 0.189 e. The van der Waals surface area contributed by atoms with Gasteiger partial charge in [-0.2, -0.15) is 8.78 Å². The molecule has 0 heterocycles. The summed E-state index contributed by atoms with van der Waals surface area (Å²) in [5, 5.41) is -2.72. The van der Waals surface area contributed by atoms with Crippen molar-refractivity contribution in [3.63, 3.8) is 0 Å². The molecule has 0 aromatic heterocycles. The van der Waals surface area contributed by atoms with Gasteiger partial charge in [0, 0.05) is 0 Å². The van der Waals surface area contributed by atoms with Crippen molar-refractivity contribution in [2.75, 3.05) is 5.75 Å². The molecule has 30 heavy (non-hydrogen) atoms. The number of allylic oxidation sites excluding steroid dienone is 6. The summed E-state index contributed by atoms with van der Waals surface area (Å²) in [5.41, 5.74) is 4.63. The quantitative estimate of drug-likeness (QED) is 0.271. The largest absolute Gasteiger partial charge is 0.312 e. The molecule has 0 aromatic rings. The van der Waals surface area contributed by atoms with Crippen LogP contribution in [0.3, 0.4) is 0 Å². The molecular formula is C27H40F2S. The Morgan fingerprint density at radius 1 is 1.13 bits per heavy atom. The lowest BCUT2D eigenvalue weighted by atomic mass is 9.63. The number of hydrogen-bond donors (Lipinski definition) is 0. The Morgan fingerprint density at radius 2 is 1.93 bits per heavy atom. The standard InChI is InChI=1S/C27H40F2S/c1-4-5-20-30-27(28,29)19-9-13-24-16-17-25-23(12-8-18-26(24,25)3)15-14-22-11-7-6-10-21(22)2/h9,14-15,19,24-25H,2,4-8,10-13,16-18,20H2,1,3H3/b19-9+,22-14-,23-15+. The molecule has 0 spiro atoms. The Bertz CT molecular complexity index is 687. The maximum atomic E-state index is 14.1. The number of unbranched alkanes of at least 4 members (excludes halogenated alkanes) is 1. The Balaban J connectivity index is 1.63. The lowest BCUT2D eigenvalue weighted by Crippen LogP contribution is -2.33. The molecular weight excluding hydrogens is 394 g/mol. The first-order valence-corrected chi connectivity index (χ1v) is 13.1. The molecule has 3 saturated carbocycles. The van der Waals surface area contributed by atoms with Crippen molar-refractivity contribution >= 4 is 11.8 Å². The van der Waals surface area contributed by atoms with Crippen molar-refractivity contribution in [3.05, 3.63) is 47.6 Å². The number of hydrogen-bond acceptors (Lipinski definition) is 1. The van der Waals surface area contributed by atoms with E-state index in [0.29, 0.717) is 17.6 Å². The fourth-order valence-corrected chi connectivity index (χ4v) is 6.80. The maximum absolute atomic E-state index is 14.1. The molecule has 0 radical (unpaired) electrons. The first-order chi connectivity index (χ1) is 14.4. The van der Waals surface area contributed by atoms with Crippen LogP contribution in [0.2, 0.25) is 0 Å². The fraction of sp³-hybridized carbons (Fsp3) is 0.704. The van der Waals surface area contributed by atoms with E-state index in [0.717, 1.165) is 37.4 Å². The third kappa shape index (κ3) is 5.90. The third-order valence-electron chi connectivity index (χ3n) is 7.81. The maximum Gasteiger partial charge on any atom is 0.312 e. The summed E-state index contributed by atoms with van der Waals surface area (Å²) in [4.78, 5) is 0. The minimum atomic E-state index is -2.72. The van der Waals surface area contributed by atoms with Crippen LogP contribution in [0.25, 0.3) is 0 Å². The van der Waals surface area contributed by atoms with Gasteiger partial charge in [-0.1, -0.05) is 68.0 Å². The number of thioether (sulfide) groups is 1. The van der Waals surface area contributed by atoms with Crippen LogP contribution in [0.15, 0.2) is 47.6 Å². The average Bonchev–Trinajstić information content (AvgIpc) is 3.04. The van der Waals surface area contributed by atoms with Crippen LogP contribution in [0.4, 0.5) is 8.78 Å². The first-order valence-electron chi connectivity index (χ1n) is 12.1. The van der Waals surface area contributed by atoms with E-state index in [1.165, 1.54) is 68.6 Å². The predicted molar refractivity (Wildman–Crippen MR) is 128 cm³/mol. The number of fused-ring (bicyclic) bond motifs is 1. The van der Waals surface area contributed by atoms with E-state index >= 15 is 0 Å². The van der Waals surface area contributed by atoms with Crippen LogP contribution in [0.1, 0.15) is 90.9 Å². The van der Waals surface area contributed by atoms with Gasteiger partial charge in [0.2, 0.25) is 0 Å². The minimum Gasteiger partial charge on any atom is -0.189 e. The van der Waals surface area contributed by atoms with Crippen molar-refractivity contribution < 1.29 is 8.78 Å². The van der Waals surface area contributed by atoms with Gasteiger partial charge in [-0.25, -0.2) is 0 Å². The lowest BCUT2D eigenvalue weighted by Gasteiger charge is -2.42. The van der Waals surface area contributed by atoms with Gasteiger partial charge in [0.15, 0.2) is 0 Å². The van der Waals surface area contributed by atoms with Gasteiger partial charge >= 0.3 is 5.25 Å². The van der Waals surface area contributed by atoms with Gasteiger partial charge in [-0.15, -0.1) is 0 Å². The SMILES string of the molecule is C=C1CCCC/C1=C/C=C1\CCCC2(C)C(C/C=C/C(F)(F)SCCCC)CCC12. The van der Waals surface area contributed by atoms with Crippen LogP contribution in [-0.2, 0) is 0 Å². The highest BCUT2D eigenvalue weighted by molar-refractivity contribution is 8.00. The van der Waals surface area contributed by atoms with E-state index in [4.69, 9.17) is 0 Å². The zero-order chi connectivity index (χ0) is 21.6. The molecule has 0 nitrogen and oxygen atoms in total. The van der Waals surface area contributed by atoms with E-state index in [2.05, 4.69) is 25.7 Å². The number of halogens is 2. The molecule has 0 aliphatic heterocycles. The molecule has 0 aromatic carbocycles. The lowest BCUT2D eigenvalue weighted by molar-refractivity contribution is 0.135. The fourth-order valence-electron chi connectivity index (χ4n) is 5.90. The van der Waals surface area contributed by atoms with Gasteiger partial charge < -0.3 is 0 Å². The Kier molecular flexibility index (Phi) is 8.46. The number of alkyl halides is 2. The van der Waals surface area contributed by atoms with Gasteiger partial charge in [0.1, 0.15) is 0 Å². The van der Waals surface area contributed by atoms with E-state index in [1.54, 1.807) is 11.6 Å². The summed E-state index contributed by atoms with van der Waals surface area (Å²) in [6.07, 6.45) is 21.2. The topological polar surface area (TPSA) is 0 Å². The predicted octanol–water partition coefficient (Wildman–Crippen LogP) is 9.26. The molecule has 0 N–H and O–H groups in total. The third-order valence-corrected chi connectivity index (χ3v) is 8.83. The summed E-state index contributed by atoms with van der Waals surface area (Å²) in [5.74, 6) is 1.68. The highest BCUT2D eigenvalue weighted by Crippen LogP contribution is 2.58. The Labute approximate surface area is 187 Å². The molecule has 3 atom stereocenters. The van der Waals surface area contributed by atoms with Gasteiger partial charge in [0.05, 0.1) is 0 Å². The zero-order valence-corrected chi connectivity index (χ0v) is 19.8. The van der Waals surface area contributed by atoms with Crippen LogP contribution < -0.4 is 0 Å². The highest BCUT2D eigenvalue weighted by atomic mass is 32.2. The first kappa shape index (κ1) is 23.8. The molecule has 0 bridgehead atoms. The zero-order valence-electron chi connectivity index (χ0n) is 19.0. The average molecular weight is 435 g/mol. The summed E-state index contributed by atoms with van der Waals surface area (Å²) in [6.45, 7) is 8.73. The Hall–Kier alpha value is -0.830. The van der Waals surface area contributed by atoms with Crippen molar-refractivity contribution in [2.24, 2.45) is 17.3 Å². The van der Waals surface area contributed by atoms with Crippen LogP contribution in [-0.4, -0.2) is 11.0 Å². The molecule has 0 saturated heterocycles. The van der Waals surface area contributed by atoms with Gasteiger partial charge in [0.25, 0.3) is 0 Å². The summed E-state index contributed by atoms with van der Waals surface area (Å²) < 4.78 is 28.1. The van der Waals surface area contributed by atoms with Crippen molar-refractivity contribution in [1.82, 2.24) is 0 Å². The minimum absolute atomic E-state index is 0.265. The summed E-state index contributed by atoms with van der Waals surface area (Å²) >= 11 is 0.785. The van der Waals surface area contributed by atoms with Crippen molar-refractivity contribution in [1.29, 1.82) is 0 Å². The second-order valence-corrected chi connectivity index (χ2v) is 11.1. The van der Waals surface area contributed by atoms with Gasteiger partial charge in [-0.3, -0.25) is 0 Å². The van der Waals surface area contributed by atoms with Crippen molar-refractivity contribution in [2.45, 2.75) is 96.2 Å². The second-order valence-electron chi connectivity index (χ2n) is 9.83. The van der Waals surface area contributed by atoms with E-state index < -0.39 is 5.25 Å². The summed E-state index contributed by atoms with van der Waals surface area (Å²) in [6, 6.07) is 0. The molecule has 168 valence electrons. The highest BCUT2D eigenvalue weighted by Gasteiger charge is 2.48. The molecule has 0 amide bonds. The van der Waals surface area contributed by atoms with E-state index in [9.17, 15) is 8.78 Å². The van der Waals surface area contributed by atoms with Crippen LogP contribution >= 0.6 is 11.8 Å².